The van der Waals surface area contributed by atoms with Crippen LogP contribution in [0.4, 0.5) is 0 Å². The summed E-state index contributed by atoms with van der Waals surface area (Å²) in [5.74, 6) is 0.882. The lowest BCUT2D eigenvalue weighted by Crippen LogP contribution is -2.24. The maximum Gasteiger partial charge on any atom is 0.123 e. The summed E-state index contributed by atoms with van der Waals surface area (Å²) in [5, 5.41) is 8.77. The molecule has 1 aromatic rings. The van der Waals surface area contributed by atoms with Crippen molar-refractivity contribution in [3.05, 3.63) is 29.8 Å². The number of ether oxygens (including phenoxy) is 1. The number of hydrogen-bond acceptors (Lipinski definition) is 2. The molecule has 1 aliphatic carbocycles. The summed E-state index contributed by atoms with van der Waals surface area (Å²) in [4.78, 5) is 0.650. The molecule has 1 fully saturated rings. The molecule has 3 heteroatoms. The highest BCUT2D eigenvalue weighted by Gasteiger charge is 2.21. The molecule has 0 saturated heterocycles. The molecule has 0 aromatic heterocycles. The monoisotopic (exact) mass is 293 g/mol. The maximum absolute atomic E-state index is 8.77. The summed E-state index contributed by atoms with van der Waals surface area (Å²) in [6.45, 7) is 0. The summed E-state index contributed by atoms with van der Waals surface area (Å²) in [5.41, 5.74) is 0.996. The summed E-state index contributed by atoms with van der Waals surface area (Å²) >= 11 is 3.64. The van der Waals surface area contributed by atoms with E-state index in [-0.39, 0.29) is 0 Å². The van der Waals surface area contributed by atoms with Crippen molar-refractivity contribution >= 4 is 15.9 Å². The Hall–Kier alpha value is -1.01. The van der Waals surface area contributed by atoms with E-state index in [0.717, 1.165) is 24.2 Å². The lowest BCUT2D eigenvalue weighted by atomic mass is 9.97. The van der Waals surface area contributed by atoms with Gasteiger partial charge in [-0.1, -0.05) is 34.1 Å². The predicted octanol–water partition coefficient (Wildman–Crippen LogP) is 3.84. The molecule has 2 nitrogen and oxygen atoms in total. The molecule has 1 aliphatic rings. The zero-order valence-electron chi connectivity index (χ0n) is 9.73. The fourth-order valence-corrected chi connectivity index (χ4v) is 2.70. The van der Waals surface area contributed by atoms with E-state index in [1.165, 1.54) is 12.8 Å². The van der Waals surface area contributed by atoms with E-state index in [1.807, 2.05) is 24.3 Å². The summed E-state index contributed by atoms with van der Waals surface area (Å²) in [6, 6.07) is 10.0. The van der Waals surface area contributed by atoms with Gasteiger partial charge in [0.2, 0.25) is 0 Å². The third kappa shape index (κ3) is 3.47. The van der Waals surface area contributed by atoms with Crippen LogP contribution in [0.1, 0.15) is 31.2 Å². The highest BCUT2D eigenvalue weighted by molar-refractivity contribution is 9.09. The van der Waals surface area contributed by atoms with Gasteiger partial charge in [0.15, 0.2) is 0 Å². The van der Waals surface area contributed by atoms with Crippen molar-refractivity contribution in [2.45, 2.75) is 43.0 Å². The topological polar surface area (TPSA) is 33.0 Å². The minimum absolute atomic E-state index is 0.309. The minimum atomic E-state index is 0.309. The number of para-hydroxylation sites is 1. The Morgan fingerprint density at radius 1 is 1.24 bits per heavy atom. The first-order chi connectivity index (χ1) is 8.29. The molecule has 90 valence electrons. The van der Waals surface area contributed by atoms with Crippen LogP contribution in [0, 0.1) is 11.3 Å². The van der Waals surface area contributed by atoms with Crippen LogP contribution in [-0.2, 0) is 6.42 Å². The fraction of sp³-hybridized carbons (Fsp3) is 0.500. The summed E-state index contributed by atoms with van der Waals surface area (Å²) in [7, 11) is 0. The van der Waals surface area contributed by atoms with Crippen molar-refractivity contribution in [1.82, 2.24) is 0 Å². The molecule has 0 atom stereocenters. The number of halogens is 1. The molecule has 0 bridgehead atoms. The highest BCUT2D eigenvalue weighted by Crippen LogP contribution is 2.29. The molecule has 0 radical (unpaired) electrons. The van der Waals surface area contributed by atoms with E-state index < -0.39 is 0 Å². The second-order valence-corrected chi connectivity index (χ2v) is 5.73. The van der Waals surface area contributed by atoms with Crippen LogP contribution in [0.2, 0.25) is 0 Å². The Bertz CT molecular complexity index is 405. The molecule has 1 aromatic carbocycles. The number of alkyl halides is 1. The van der Waals surface area contributed by atoms with Crippen LogP contribution in [0.5, 0.6) is 5.75 Å². The molecule has 17 heavy (non-hydrogen) atoms. The van der Waals surface area contributed by atoms with E-state index in [9.17, 15) is 0 Å². The van der Waals surface area contributed by atoms with Crippen molar-refractivity contribution in [1.29, 1.82) is 5.26 Å². The van der Waals surface area contributed by atoms with E-state index in [0.29, 0.717) is 17.4 Å². The van der Waals surface area contributed by atoms with Gasteiger partial charge in [-0.25, -0.2) is 0 Å². The molecular weight excluding hydrogens is 278 g/mol. The van der Waals surface area contributed by atoms with Gasteiger partial charge in [0.1, 0.15) is 5.75 Å². The smallest absolute Gasteiger partial charge is 0.123 e. The van der Waals surface area contributed by atoms with Crippen molar-refractivity contribution in [3.8, 4) is 11.8 Å². The number of rotatable bonds is 3. The summed E-state index contributed by atoms with van der Waals surface area (Å²) < 4.78 is 6.02. The average Bonchev–Trinajstić information content (AvgIpc) is 2.35. The molecular formula is C14H16BrNO. The lowest BCUT2D eigenvalue weighted by molar-refractivity contribution is 0.156. The lowest BCUT2D eigenvalue weighted by Gasteiger charge is -2.26. The minimum Gasteiger partial charge on any atom is -0.490 e. The SMILES string of the molecule is N#CCc1ccccc1OC1CCC(Br)CC1. The number of nitriles is 1. The second kappa shape index (κ2) is 6.07. The van der Waals surface area contributed by atoms with Crippen LogP contribution in [0.15, 0.2) is 24.3 Å². The normalized spacial score (nSPS) is 24.0. The zero-order valence-corrected chi connectivity index (χ0v) is 11.3. The zero-order chi connectivity index (χ0) is 12.1. The number of benzene rings is 1. The Morgan fingerprint density at radius 3 is 2.65 bits per heavy atom. The van der Waals surface area contributed by atoms with Gasteiger partial charge in [-0.3, -0.25) is 0 Å². The van der Waals surface area contributed by atoms with Crippen LogP contribution in [0.3, 0.4) is 0 Å². The molecule has 0 unspecified atom stereocenters. The molecule has 0 aliphatic heterocycles. The van der Waals surface area contributed by atoms with Gasteiger partial charge in [-0.05, 0) is 31.7 Å². The second-order valence-electron chi connectivity index (χ2n) is 4.43. The fourth-order valence-electron chi connectivity index (χ4n) is 2.17. The standard InChI is InChI=1S/C14H16BrNO/c15-12-5-7-13(8-6-12)17-14-4-2-1-3-11(14)9-10-16/h1-4,12-13H,5-9H2. The quantitative estimate of drug-likeness (QED) is 0.794. The number of hydrogen-bond donors (Lipinski definition) is 0. The van der Waals surface area contributed by atoms with Crippen LogP contribution >= 0.6 is 15.9 Å². The van der Waals surface area contributed by atoms with E-state index in [1.54, 1.807) is 0 Å². The molecule has 2 rings (SSSR count). The van der Waals surface area contributed by atoms with Gasteiger partial charge in [-0.15, -0.1) is 0 Å². The first-order valence-corrected chi connectivity index (χ1v) is 6.96. The van der Waals surface area contributed by atoms with Gasteiger partial charge in [0.25, 0.3) is 0 Å². The van der Waals surface area contributed by atoms with Gasteiger partial charge >= 0.3 is 0 Å². The Labute approximate surface area is 111 Å². The Balaban J connectivity index is 2.01. The van der Waals surface area contributed by atoms with Crippen LogP contribution in [-0.4, -0.2) is 10.9 Å². The van der Waals surface area contributed by atoms with E-state index in [4.69, 9.17) is 10.00 Å². The summed E-state index contributed by atoms with van der Waals surface area (Å²) in [6.07, 6.45) is 5.26. The van der Waals surface area contributed by atoms with Gasteiger partial charge in [-0.2, -0.15) is 5.26 Å². The highest BCUT2D eigenvalue weighted by atomic mass is 79.9. The predicted molar refractivity (Wildman–Crippen MR) is 71.4 cm³/mol. The maximum atomic E-state index is 8.77. The van der Waals surface area contributed by atoms with Crippen LogP contribution in [0.25, 0.3) is 0 Å². The van der Waals surface area contributed by atoms with Crippen molar-refractivity contribution in [3.63, 3.8) is 0 Å². The van der Waals surface area contributed by atoms with Gasteiger partial charge in [0, 0.05) is 10.4 Å². The third-order valence-electron chi connectivity index (χ3n) is 3.14. The molecule has 0 heterocycles. The van der Waals surface area contributed by atoms with Gasteiger partial charge in [0.05, 0.1) is 18.6 Å². The molecule has 0 amide bonds. The van der Waals surface area contributed by atoms with Crippen molar-refractivity contribution in [2.75, 3.05) is 0 Å². The van der Waals surface area contributed by atoms with Crippen molar-refractivity contribution in [2.24, 2.45) is 0 Å². The van der Waals surface area contributed by atoms with Crippen molar-refractivity contribution < 1.29 is 4.74 Å². The van der Waals surface area contributed by atoms with E-state index >= 15 is 0 Å². The third-order valence-corrected chi connectivity index (χ3v) is 4.06. The first-order valence-electron chi connectivity index (χ1n) is 6.05. The molecule has 1 saturated carbocycles. The van der Waals surface area contributed by atoms with E-state index in [2.05, 4.69) is 22.0 Å². The molecule has 0 spiro atoms. The molecule has 0 N–H and O–H groups in total. The van der Waals surface area contributed by atoms with Gasteiger partial charge < -0.3 is 4.74 Å². The Kier molecular flexibility index (Phi) is 4.44. The average molecular weight is 294 g/mol. The first kappa shape index (κ1) is 12.4. The Morgan fingerprint density at radius 2 is 1.94 bits per heavy atom. The largest absolute Gasteiger partial charge is 0.490 e. The number of nitrogens with zero attached hydrogens (tertiary/aromatic N) is 1. The van der Waals surface area contributed by atoms with Crippen LogP contribution < -0.4 is 4.74 Å².